The summed E-state index contributed by atoms with van der Waals surface area (Å²) in [5.74, 6) is 1.56. The molecular weight excluding hydrogens is 481 g/mol. The Bertz CT molecular complexity index is 507. The third-order valence-corrected chi connectivity index (χ3v) is 6.94. The summed E-state index contributed by atoms with van der Waals surface area (Å²) in [4.78, 5) is 21.2. The maximum absolute atomic E-state index is 12.4. The molecule has 1 fully saturated rings. The van der Waals surface area contributed by atoms with E-state index in [1.165, 1.54) is 30.8 Å². The Morgan fingerprint density at radius 3 is 2.21 bits per heavy atom. The second-order valence-corrected chi connectivity index (χ2v) is 9.91. The molecule has 24 heavy (non-hydrogen) atoms. The zero-order chi connectivity index (χ0) is 18.8. The van der Waals surface area contributed by atoms with Crippen LogP contribution in [0.4, 0.5) is 8.78 Å². The van der Waals surface area contributed by atoms with Crippen molar-refractivity contribution in [3.63, 3.8) is 0 Å². The van der Waals surface area contributed by atoms with Gasteiger partial charge in [0.2, 0.25) is 0 Å². The highest BCUT2D eigenvalue weighted by Crippen LogP contribution is 2.22. The highest BCUT2D eigenvalue weighted by molar-refractivity contribution is 14.1. The lowest BCUT2D eigenvalue weighted by Crippen LogP contribution is -2.39. The Balaban J connectivity index is 0.000000463. The number of halogens is 3. The summed E-state index contributed by atoms with van der Waals surface area (Å²) >= 11 is 1.91. The first-order valence-corrected chi connectivity index (χ1v) is 11.9. The van der Waals surface area contributed by atoms with Crippen molar-refractivity contribution in [3.8, 4) is 0 Å². The number of carbonyl (C=O) groups excluding carboxylic acids is 2. The van der Waals surface area contributed by atoms with E-state index in [1.54, 1.807) is 6.92 Å². The molecule has 1 rings (SSSR count). The van der Waals surface area contributed by atoms with Crippen LogP contribution in [0.15, 0.2) is 0 Å². The molecule has 0 aromatic heterocycles. The second kappa shape index (κ2) is 11.6. The molecule has 0 saturated carbocycles. The van der Waals surface area contributed by atoms with E-state index in [1.807, 2.05) is 22.6 Å². The first kappa shape index (κ1) is 24.0. The number of hydrogen-bond acceptors (Lipinski definition) is 6. The van der Waals surface area contributed by atoms with E-state index >= 15 is 0 Å². The van der Waals surface area contributed by atoms with Gasteiger partial charge < -0.3 is 9.29 Å². The molecule has 1 aliphatic rings. The Hall–Kier alpha value is -0.0100. The topological polar surface area (TPSA) is 101 Å². The van der Waals surface area contributed by atoms with Crippen molar-refractivity contribution in [2.24, 2.45) is 0 Å². The average molecular weight is 502 g/mol. The fourth-order valence-corrected chi connectivity index (χ4v) is 4.60. The van der Waals surface area contributed by atoms with Gasteiger partial charge in [-0.25, -0.2) is 13.2 Å². The van der Waals surface area contributed by atoms with Crippen LogP contribution in [0.25, 0.3) is 0 Å². The molecule has 1 heterocycles. The highest BCUT2D eigenvalue weighted by atomic mass is 127. The number of esters is 1. The van der Waals surface area contributed by atoms with E-state index < -0.39 is 21.3 Å². The average Bonchev–Trinajstić information content (AvgIpc) is 2.47. The Labute approximate surface area is 157 Å². The van der Waals surface area contributed by atoms with Gasteiger partial charge in [-0.15, -0.1) is 0 Å². The number of Topliss-reactive ketones (excluding diaryl/α,β-unsaturated/α-hetero) is 1. The fraction of sp³-hybridized carbons (Fsp3) is 0.846. The number of hydrogen-bond donors (Lipinski definition) is 0. The van der Waals surface area contributed by atoms with Crippen LogP contribution in [0.2, 0.25) is 0 Å². The molecule has 0 bridgehead atoms. The lowest BCUT2D eigenvalue weighted by molar-refractivity contribution is -0.161. The van der Waals surface area contributed by atoms with Crippen LogP contribution in [-0.4, -0.2) is 58.3 Å². The van der Waals surface area contributed by atoms with Gasteiger partial charge in [0.1, 0.15) is 11.5 Å². The fourth-order valence-electron chi connectivity index (χ4n) is 1.73. The number of carbonyl (C=O) groups is 2. The minimum absolute atomic E-state index is 0.307. The Morgan fingerprint density at radius 2 is 1.79 bits per heavy atom. The molecule has 0 N–H and O–H groups in total. The van der Waals surface area contributed by atoms with Crippen LogP contribution in [0.3, 0.4) is 0 Å². The van der Waals surface area contributed by atoms with E-state index in [0.717, 1.165) is 5.75 Å². The molecule has 0 radical (unpaired) electrons. The molecule has 0 aromatic carbocycles. The van der Waals surface area contributed by atoms with E-state index in [4.69, 9.17) is 0 Å². The minimum Gasteiger partial charge on any atom is -0.743 e. The molecule has 0 atom stereocenters. The van der Waals surface area contributed by atoms with Crippen molar-refractivity contribution < 1.29 is 36.1 Å². The van der Waals surface area contributed by atoms with Crippen LogP contribution in [-0.2, 0) is 35.3 Å². The van der Waals surface area contributed by atoms with Gasteiger partial charge in [0.05, 0.1) is 6.61 Å². The van der Waals surface area contributed by atoms with Crippen LogP contribution >= 0.6 is 22.6 Å². The van der Waals surface area contributed by atoms with Gasteiger partial charge >= 0.3 is 11.2 Å². The molecule has 0 spiro atoms. The van der Waals surface area contributed by atoms with Gasteiger partial charge in [0, 0.05) is 4.43 Å². The largest absolute Gasteiger partial charge is 0.743 e. The first-order valence-electron chi connectivity index (χ1n) is 7.22. The Morgan fingerprint density at radius 1 is 1.25 bits per heavy atom. The van der Waals surface area contributed by atoms with Gasteiger partial charge in [-0.3, -0.25) is 4.79 Å². The number of ether oxygens (including phenoxy) is 1. The molecule has 0 aliphatic carbocycles. The van der Waals surface area contributed by atoms with Crippen molar-refractivity contribution in [1.82, 2.24) is 0 Å². The predicted molar refractivity (Wildman–Crippen MR) is 95.6 cm³/mol. The lowest BCUT2D eigenvalue weighted by Gasteiger charge is -2.17. The van der Waals surface area contributed by atoms with Gasteiger partial charge in [-0.1, -0.05) is 22.6 Å². The quantitative estimate of drug-likeness (QED) is 0.132. The molecule has 0 amide bonds. The summed E-state index contributed by atoms with van der Waals surface area (Å²) in [6.07, 6.45) is 4.41. The maximum atomic E-state index is 12.4. The van der Waals surface area contributed by atoms with Gasteiger partial charge in [-0.2, -0.15) is 8.78 Å². The summed E-state index contributed by atoms with van der Waals surface area (Å²) < 4.78 is 59.0. The number of rotatable bonds is 7. The second-order valence-electron chi connectivity index (χ2n) is 5.08. The Kier molecular flexibility index (Phi) is 11.6. The molecule has 142 valence electrons. The maximum Gasteiger partial charge on any atom is 0.428 e. The third-order valence-electron chi connectivity index (χ3n) is 2.84. The zero-order valence-corrected chi connectivity index (χ0v) is 17.1. The van der Waals surface area contributed by atoms with Crippen molar-refractivity contribution in [2.45, 2.75) is 37.9 Å². The van der Waals surface area contributed by atoms with E-state index in [9.17, 15) is 31.3 Å². The smallest absolute Gasteiger partial charge is 0.428 e. The van der Waals surface area contributed by atoms with E-state index in [2.05, 4.69) is 4.74 Å². The third kappa shape index (κ3) is 9.47. The van der Waals surface area contributed by atoms with Gasteiger partial charge in [0.15, 0.2) is 21.7 Å². The predicted octanol–water partition coefficient (Wildman–Crippen LogP) is 1.87. The molecule has 6 nitrogen and oxygen atoms in total. The highest BCUT2D eigenvalue weighted by Gasteiger charge is 2.48. The zero-order valence-electron chi connectivity index (χ0n) is 13.3. The van der Waals surface area contributed by atoms with Crippen LogP contribution in [0.5, 0.6) is 0 Å². The van der Waals surface area contributed by atoms with Crippen molar-refractivity contribution in [3.05, 3.63) is 0 Å². The molecule has 1 saturated heterocycles. The molecule has 0 aromatic rings. The first-order chi connectivity index (χ1) is 11.0. The van der Waals surface area contributed by atoms with E-state index in [0.29, 0.717) is 27.5 Å². The molecule has 1 aliphatic heterocycles. The van der Waals surface area contributed by atoms with Gasteiger partial charge in [0.25, 0.3) is 0 Å². The monoisotopic (exact) mass is 502 g/mol. The lowest BCUT2D eigenvalue weighted by atomic mass is 10.3. The van der Waals surface area contributed by atoms with Gasteiger partial charge in [-0.05, 0) is 43.5 Å². The van der Waals surface area contributed by atoms with Crippen molar-refractivity contribution in [2.75, 3.05) is 28.3 Å². The molecular formula is C13H21F2IO6S2. The van der Waals surface area contributed by atoms with Crippen LogP contribution in [0, 0.1) is 0 Å². The summed E-state index contributed by atoms with van der Waals surface area (Å²) in [5.41, 5.74) is 0. The van der Waals surface area contributed by atoms with Crippen molar-refractivity contribution in [1.29, 1.82) is 0 Å². The summed E-state index contributed by atoms with van der Waals surface area (Å²) in [7, 11) is -5.52. The standard InChI is InChI=1S/C8H15OS.C5H7F2IO5S/c1-8(9)7-10-5-3-2-4-6-10;6-5(7,14(10,11)12)4(9)13-3-1-2-8/h2-7H2,1H3;1-3H2,(H,10,11,12)/q+1;/p-1. The summed E-state index contributed by atoms with van der Waals surface area (Å²) in [6, 6.07) is 0. The van der Waals surface area contributed by atoms with Crippen LogP contribution < -0.4 is 0 Å². The minimum atomic E-state index is -6.00. The van der Waals surface area contributed by atoms with E-state index in [-0.39, 0.29) is 6.61 Å². The normalized spacial score (nSPS) is 16.0. The molecule has 11 heteroatoms. The van der Waals surface area contributed by atoms with Crippen LogP contribution in [0.1, 0.15) is 32.6 Å². The van der Waals surface area contributed by atoms with Crippen molar-refractivity contribution >= 4 is 55.4 Å². The summed E-state index contributed by atoms with van der Waals surface area (Å²) in [6.45, 7) is 1.37. The number of ketones is 1. The molecule has 0 unspecified atom stereocenters. The summed E-state index contributed by atoms with van der Waals surface area (Å²) in [5, 5.41) is -5.00. The number of alkyl halides is 3. The SMILES string of the molecule is CC(=O)C[S+]1CCCCC1.O=C(OCCCI)C(F)(F)S(=O)(=O)[O-].